The molecule has 2 rings (SSSR count). The van der Waals surface area contributed by atoms with Gasteiger partial charge in [-0.25, -0.2) is 0 Å². The highest BCUT2D eigenvalue weighted by Gasteiger charge is 2.46. The molecule has 1 saturated carbocycles. The summed E-state index contributed by atoms with van der Waals surface area (Å²) in [6.45, 7) is 14.1. The molecule has 0 aromatic carbocycles. The molecular weight excluding hydrogens is 358 g/mol. The summed E-state index contributed by atoms with van der Waals surface area (Å²) in [5.41, 5.74) is 0. The molecule has 3 atom stereocenters. The van der Waals surface area contributed by atoms with Crippen LogP contribution in [0.3, 0.4) is 0 Å². The second kappa shape index (κ2) is 10.7. The van der Waals surface area contributed by atoms with E-state index >= 15 is 0 Å². The lowest BCUT2D eigenvalue weighted by molar-refractivity contribution is -0.141. The minimum atomic E-state index is -0.294. The summed E-state index contributed by atoms with van der Waals surface area (Å²) in [6.07, 6.45) is 5.01. The molecule has 2 amide bonds. The van der Waals surface area contributed by atoms with E-state index < -0.39 is 0 Å². The zero-order valence-electron chi connectivity index (χ0n) is 17.9. The van der Waals surface area contributed by atoms with Crippen LogP contribution >= 0.6 is 11.8 Å². The first-order valence-corrected chi connectivity index (χ1v) is 11.9. The van der Waals surface area contributed by atoms with Crippen molar-refractivity contribution < 1.29 is 9.59 Å². The van der Waals surface area contributed by atoms with Gasteiger partial charge < -0.3 is 15.1 Å². The van der Waals surface area contributed by atoms with Gasteiger partial charge in [-0.2, -0.15) is 0 Å². The van der Waals surface area contributed by atoms with Crippen molar-refractivity contribution in [2.45, 2.75) is 84.2 Å². The Bertz CT molecular complexity index is 492. The first kappa shape index (κ1) is 22.5. The Morgan fingerprint density at radius 3 is 2.41 bits per heavy atom. The standard InChI is InChI=1S/C21H39N3O2S/c1-6-23(7-2)12-8-9-16(5)22-20(25)18-14-27-19(13-15(3)4)24(18)21(26)17-10-11-17/h15-19H,6-14H2,1-5H3,(H,22,25). The van der Waals surface area contributed by atoms with Crippen molar-refractivity contribution in [1.82, 2.24) is 15.1 Å². The Hall–Kier alpha value is -0.750. The summed E-state index contributed by atoms with van der Waals surface area (Å²) in [5.74, 6) is 1.67. The number of carbonyl (C=O) groups is 2. The fraction of sp³-hybridized carbons (Fsp3) is 0.905. The summed E-state index contributed by atoms with van der Waals surface area (Å²) < 4.78 is 0. The van der Waals surface area contributed by atoms with Gasteiger partial charge in [0, 0.05) is 17.7 Å². The van der Waals surface area contributed by atoms with E-state index in [0.29, 0.717) is 5.92 Å². The fourth-order valence-corrected chi connectivity index (χ4v) is 5.41. The predicted octanol–water partition coefficient (Wildman–Crippen LogP) is 3.34. The molecule has 27 heavy (non-hydrogen) atoms. The van der Waals surface area contributed by atoms with Gasteiger partial charge in [0.15, 0.2) is 0 Å². The highest BCUT2D eigenvalue weighted by Crippen LogP contribution is 2.39. The Labute approximate surface area is 170 Å². The van der Waals surface area contributed by atoms with Crippen LogP contribution in [0, 0.1) is 11.8 Å². The minimum Gasteiger partial charge on any atom is -0.352 e. The van der Waals surface area contributed by atoms with E-state index in [2.05, 4.69) is 44.8 Å². The maximum absolute atomic E-state index is 12.9. The maximum Gasteiger partial charge on any atom is 0.243 e. The minimum absolute atomic E-state index is 0.0399. The summed E-state index contributed by atoms with van der Waals surface area (Å²) in [5, 5.41) is 3.34. The summed E-state index contributed by atoms with van der Waals surface area (Å²) in [6, 6.07) is -0.142. The molecule has 1 N–H and O–H groups in total. The van der Waals surface area contributed by atoms with E-state index in [1.165, 1.54) is 0 Å². The quantitative estimate of drug-likeness (QED) is 0.581. The maximum atomic E-state index is 12.9. The van der Waals surface area contributed by atoms with Crippen LogP contribution in [-0.2, 0) is 9.59 Å². The molecule has 0 aromatic rings. The normalized spacial score (nSPS) is 23.9. The second-order valence-corrected chi connectivity index (χ2v) is 9.74. The largest absolute Gasteiger partial charge is 0.352 e. The first-order chi connectivity index (χ1) is 12.9. The molecule has 0 bridgehead atoms. The molecule has 3 unspecified atom stereocenters. The number of nitrogens with zero attached hydrogens (tertiary/aromatic N) is 2. The lowest BCUT2D eigenvalue weighted by Crippen LogP contribution is -2.52. The average Bonchev–Trinajstić information content (AvgIpc) is 3.38. The summed E-state index contributed by atoms with van der Waals surface area (Å²) in [4.78, 5) is 30.1. The number of hydrogen-bond acceptors (Lipinski definition) is 4. The summed E-state index contributed by atoms with van der Waals surface area (Å²) in [7, 11) is 0. The van der Waals surface area contributed by atoms with Crippen LogP contribution in [0.15, 0.2) is 0 Å². The smallest absolute Gasteiger partial charge is 0.243 e. The molecule has 1 aliphatic heterocycles. The van der Waals surface area contributed by atoms with Crippen LogP contribution in [0.25, 0.3) is 0 Å². The van der Waals surface area contributed by atoms with Gasteiger partial charge in [0.25, 0.3) is 0 Å². The van der Waals surface area contributed by atoms with Crippen molar-refractivity contribution in [2.24, 2.45) is 11.8 Å². The molecule has 1 aliphatic carbocycles. The van der Waals surface area contributed by atoms with E-state index in [0.717, 1.165) is 57.5 Å². The van der Waals surface area contributed by atoms with E-state index in [1.807, 2.05) is 4.90 Å². The predicted molar refractivity (Wildman–Crippen MR) is 114 cm³/mol. The monoisotopic (exact) mass is 397 g/mol. The molecule has 2 aliphatic rings. The van der Waals surface area contributed by atoms with Crippen LogP contribution in [0.5, 0.6) is 0 Å². The van der Waals surface area contributed by atoms with Crippen molar-refractivity contribution in [2.75, 3.05) is 25.4 Å². The molecule has 156 valence electrons. The van der Waals surface area contributed by atoms with Gasteiger partial charge in [0.2, 0.25) is 11.8 Å². The fourth-order valence-electron chi connectivity index (χ4n) is 3.76. The van der Waals surface area contributed by atoms with E-state index in [1.54, 1.807) is 11.8 Å². The number of thioether (sulfide) groups is 1. The third-order valence-electron chi connectivity index (χ3n) is 5.64. The number of hydrogen-bond donors (Lipinski definition) is 1. The second-order valence-electron chi connectivity index (χ2n) is 8.53. The van der Waals surface area contributed by atoms with Gasteiger partial charge in [-0.1, -0.05) is 27.7 Å². The van der Waals surface area contributed by atoms with Gasteiger partial charge >= 0.3 is 0 Å². The molecule has 5 nitrogen and oxygen atoms in total. The van der Waals surface area contributed by atoms with Crippen LogP contribution in [0.2, 0.25) is 0 Å². The van der Waals surface area contributed by atoms with Crippen molar-refractivity contribution in [3.63, 3.8) is 0 Å². The average molecular weight is 398 g/mol. The van der Waals surface area contributed by atoms with Gasteiger partial charge in [-0.05, 0) is 64.6 Å². The number of carbonyl (C=O) groups excluding carboxylic acids is 2. The molecular formula is C21H39N3O2S. The van der Waals surface area contributed by atoms with Crippen LogP contribution in [0.4, 0.5) is 0 Å². The van der Waals surface area contributed by atoms with E-state index in [9.17, 15) is 9.59 Å². The van der Waals surface area contributed by atoms with Crippen LogP contribution in [0.1, 0.15) is 66.7 Å². The number of nitrogens with one attached hydrogen (secondary N) is 1. The first-order valence-electron chi connectivity index (χ1n) is 10.8. The highest BCUT2D eigenvalue weighted by molar-refractivity contribution is 8.00. The van der Waals surface area contributed by atoms with Gasteiger partial charge in [0.1, 0.15) is 6.04 Å². The Kier molecular flexibility index (Phi) is 8.93. The number of rotatable bonds is 11. The Morgan fingerprint density at radius 2 is 1.85 bits per heavy atom. The molecule has 6 heteroatoms. The lowest BCUT2D eigenvalue weighted by atomic mass is 10.1. The molecule has 0 radical (unpaired) electrons. The Balaban J connectivity index is 1.88. The van der Waals surface area contributed by atoms with Crippen LogP contribution < -0.4 is 5.32 Å². The van der Waals surface area contributed by atoms with Crippen molar-refractivity contribution >= 4 is 23.6 Å². The zero-order valence-corrected chi connectivity index (χ0v) is 18.7. The van der Waals surface area contributed by atoms with Crippen molar-refractivity contribution in [1.29, 1.82) is 0 Å². The molecule has 1 heterocycles. The SMILES string of the molecule is CCN(CC)CCCC(C)NC(=O)C1CSC(CC(C)C)N1C(=O)C1CC1. The van der Waals surface area contributed by atoms with Gasteiger partial charge in [0.05, 0.1) is 5.37 Å². The topological polar surface area (TPSA) is 52.7 Å². The lowest BCUT2D eigenvalue weighted by Gasteiger charge is -2.30. The highest BCUT2D eigenvalue weighted by atomic mass is 32.2. The molecule has 0 spiro atoms. The van der Waals surface area contributed by atoms with E-state index in [4.69, 9.17) is 0 Å². The molecule has 0 aromatic heterocycles. The summed E-state index contributed by atoms with van der Waals surface area (Å²) >= 11 is 1.78. The zero-order chi connectivity index (χ0) is 20.0. The van der Waals surface area contributed by atoms with Gasteiger partial charge in [-0.15, -0.1) is 11.8 Å². The molecule has 1 saturated heterocycles. The number of amides is 2. The third kappa shape index (κ3) is 6.67. The van der Waals surface area contributed by atoms with Crippen LogP contribution in [-0.4, -0.2) is 64.5 Å². The van der Waals surface area contributed by atoms with Gasteiger partial charge in [-0.3, -0.25) is 9.59 Å². The third-order valence-corrected chi connectivity index (χ3v) is 6.96. The molecule has 2 fully saturated rings. The Morgan fingerprint density at radius 1 is 1.19 bits per heavy atom. The van der Waals surface area contributed by atoms with E-state index in [-0.39, 0.29) is 35.2 Å². The van der Waals surface area contributed by atoms with Crippen molar-refractivity contribution in [3.05, 3.63) is 0 Å². The van der Waals surface area contributed by atoms with Crippen molar-refractivity contribution in [3.8, 4) is 0 Å².